The van der Waals surface area contributed by atoms with Crippen molar-refractivity contribution in [3.05, 3.63) is 23.8 Å². The van der Waals surface area contributed by atoms with Crippen molar-refractivity contribution in [1.29, 1.82) is 0 Å². The lowest BCUT2D eigenvalue weighted by Crippen LogP contribution is -2.22. The summed E-state index contributed by atoms with van der Waals surface area (Å²) < 4.78 is 5.82. The van der Waals surface area contributed by atoms with Crippen LogP contribution in [-0.2, 0) is 6.42 Å². The molecule has 2 aromatic rings. The fraction of sp³-hybridized carbons (Fsp3) is 0.667. The molecule has 4 nitrogen and oxygen atoms in total. The zero-order valence-corrected chi connectivity index (χ0v) is 16.9. The van der Waals surface area contributed by atoms with Gasteiger partial charge in [-0.2, -0.15) is 4.98 Å². The second-order valence-electron chi connectivity index (χ2n) is 7.38. The van der Waals surface area contributed by atoms with E-state index >= 15 is 0 Å². The number of hydrogen-bond acceptors (Lipinski definition) is 4. The first-order valence-electron chi connectivity index (χ1n) is 10.2. The minimum absolute atomic E-state index is 0. The summed E-state index contributed by atoms with van der Waals surface area (Å²) in [4.78, 5) is 4.62. The second kappa shape index (κ2) is 11.5. The number of nitrogens with one attached hydrogen (secondary N) is 2. The molecule has 3 rings (SSSR count). The highest BCUT2D eigenvalue weighted by Gasteiger charge is 2.16. The van der Waals surface area contributed by atoms with Gasteiger partial charge in [-0.15, -0.1) is 12.4 Å². The number of oxazole rings is 1. The Morgan fingerprint density at radius 1 is 1.12 bits per heavy atom. The molecule has 5 heteroatoms. The molecular weight excluding hydrogens is 346 g/mol. The van der Waals surface area contributed by atoms with Gasteiger partial charge in [-0.25, -0.2) is 0 Å². The molecule has 1 aromatic carbocycles. The Morgan fingerprint density at radius 3 is 2.62 bits per heavy atom. The van der Waals surface area contributed by atoms with Gasteiger partial charge in [-0.1, -0.05) is 57.9 Å². The molecule has 1 atom stereocenters. The molecule has 146 valence electrons. The van der Waals surface area contributed by atoms with E-state index in [-0.39, 0.29) is 12.4 Å². The fourth-order valence-electron chi connectivity index (χ4n) is 3.61. The van der Waals surface area contributed by atoms with Gasteiger partial charge in [0.05, 0.1) is 0 Å². The van der Waals surface area contributed by atoms with E-state index in [9.17, 15) is 0 Å². The van der Waals surface area contributed by atoms with E-state index in [1.807, 2.05) is 0 Å². The Labute approximate surface area is 163 Å². The Hall–Kier alpha value is -1.26. The van der Waals surface area contributed by atoms with Gasteiger partial charge in [-0.05, 0) is 43.5 Å². The number of unbranched alkanes of at least 4 members (excludes halogenated alkanes) is 7. The number of fused-ring (bicyclic) bond motifs is 1. The van der Waals surface area contributed by atoms with E-state index in [1.165, 1.54) is 56.9 Å². The Balaban J connectivity index is 0.00000243. The molecule has 0 amide bonds. The monoisotopic (exact) mass is 379 g/mol. The molecule has 0 spiro atoms. The molecule has 1 saturated heterocycles. The fourth-order valence-corrected chi connectivity index (χ4v) is 3.61. The van der Waals surface area contributed by atoms with Crippen LogP contribution in [0.25, 0.3) is 11.1 Å². The lowest BCUT2D eigenvalue weighted by atomic mass is 10.0. The van der Waals surface area contributed by atoms with Crippen LogP contribution in [0.1, 0.15) is 70.3 Å². The maximum absolute atomic E-state index is 5.82. The van der Waals surface area contributed by atoms with Gasteiger partial charge in [0.25, 0.3) is 6.01 Å². The first kappa shape index (κ1) is 21.0. The van der Waals surface area contributed by atoms with Crippen LogP contribution in [0.15, 0.2) is 22.6 Å². The molecule has 0 bridgehead atoms. The molecular formula is C21H34ClN3O. The third kappa shape index (κ3) is 6.48. The van der Waals surface area contributed by atoms with Crippen molar-refractivity contribution in [2.24, 2.45) is 0 Å². The molecule has 0 radical (unpaired) electrons. The maximum atomic E-state index is 5.82. The number of rotatable bonds is 11. The lowest BCUT2D eigenvalue weighted by molar-refractivity contribution is 0.575. The van der Waals surface area contributed by atoms with Gasteiger partial charge < -0.3 is 15.1 Å². The van der Waals surface area contributed by atoms with Gasteiger partial charge in [0.2, 0.25) is 0 Å². The molecule has 0 saturated carbocycles. The van der Waals surface area contributed by atoms with E-state index in [0.717, 1.165) is 37.0 Å². The third-order valence-electron chi connectivity index (χ3n) is 5.16. The van der Waals surface area contributed by atoms with Crippen molar-refractivity contribution in [3.63, 3.8) is 0 Å². The Morgan fingerprint density at radius 2 is 1.88 bits per heavy atom. The van der Waals surface area contributed by atoms with Crippen molar-refractivity contribution in [1.82, 2.24) is 10.3 Å². The maximum Gasteiger partial charge on any atom is 0.295 e. The predicted molar refractivity (Wildman–Crippen MR) is 112 cm³/mol. The zero-order valence-electron chi connectivity index (χ0n) is 16.1. The SMILES string of the molecule is CCCCCCCCCCc1ccc2oc(N[C@H]3CCNC3)nc2c1.Cl. The van der Waals surface area contributed by atoms with E-state index in [2.05, 4.69) is 40.7 Å². The van der Waals surface area contributed by atoms with E-state index < -0.39 is 0 Å². The molecule has 26 heavy (non-hydrogen) atoms. The van der Waals surface area contributed by atoms with Crippen LogP contribution in [0.5, 0.6) is 0 Å². The molecule has 1 fully saturated rings. The standard InChI is InChI=1S/C21H33N3O.ClH/c1-2-3-4-5-6-7-8-9-10-17-11-12-20-19(15-17)24-21(25-20)23-18-13-14-22-16-18;/h11-12,15,18,22H,2-10,13-14,16H2,1H3,(H,23,24);1H/t18-;/m0./s1. The highest BCUT2D eigenvalue weighted by Crippen LogP contribution is 2.22. The largest absolute Gasteiger partial charge is 0.424 e. The van der Waals surface area contributed by atoms with Crippen molar-refractivity contribution in [2.45, 2.75) is 77.2 Å². The van der Waals surface area contributed by atoms with E-state index in [0.29, 0.717) is 12.1 Å². The molecule has 1 aliphatic rings. The number of anilines is 1. The minimum atomic E-state index is 0. The average Bonchev–Trinajstić information content (AvgIpc) is 3.26. The van der Waals surface area contributed by atoms with E-state index in [1.54, 1.807) is 0 Å². The first-order chi connectivity index (χ1) is 12.3. The van der Waals surface area contributed by atoms with Gasteiger partial charge in [0, 0.05) is 12.6 Å². The van der Waals surface area contributed by atoms with Crippen molar-refractivity contribution in [3.8, 4) is 0 Å². The first-order valence-corrected chi connectivity index (χ1v) is 10.2. The summed E-state index contributed by atoms with van der Waals surface area (Å²) >= 11 is 0. The summed E-state index contributed by atoms with van der Waals surface area (Å²) in [6.45, 7) is 4.33. The highest BCUT2D eigenvalue weighted by atomic mass is 35.5. The molecule has 2 N–H and O–H groups in total. The summed E-state index contributed by atoms with van der Waals surface area (Å²) in [5.74, 6) is 0. The number of aryl methyl sites for hydroxylation is 1. The molecule has 1 aliphatic heterocycles. The summed E-state index contributed by atoms with van der Waals surface area (Å²) in [6, 6.07) is 7.55. The second-order valence-corrected chi connectivity index (χ2v) is 7.38. The topological polar surface area (TPSA) is 50.1 Å². The quantitative estimate of drug-likeness (QED) is 0.491. The van der Waals surface area contributed by atoms with Crippen LogP contribution in [0.4, 0.5) is 6.01 Å². The van der Waals surface area contributed by atoms with E-state index in [4.69, 9.17) is 4.42 Å². The third-order valence-corrected chi connectivity index (χ3v) is 5.16. The van der Waals surface area contributed by atoms with Crippen LogP contribution in [-0.4, -0.2) is 24.1 Å². The van der Waals surface area contributed by atoms with Gasteiger partial charge in [0.15, 0.2) is 5.58 Å². The number of hydrogen-bond donors (Lipinski definition) is 2. The smallest absolute Gasteiger partial charge is 0.295 e. The normalized spacial score (nSPS) is 16.7. The van der Waals surface area contributed by atoms with Crippen molar-refractivity contribution >= 4 is 29.5 Å². The minimum Gasteiger partial charge on any atom is -0.424 e. The van der Waals surface area contributed by atoms with Crippen molar-refractivity contribution in [2.75, 3.05) is 18.4 Å². The molecule has 0 aliphatic carbocycles. The van der Waals surface area contributed by atoms with Crippen LogP contribution in [0.3, 0.4) is 0 Å². The number of nitrogens with zero attached hydrogens (tertiary/aromatic N) is 1. The van der Waals surface area contributed by atoms with Gasteiger partial charge >= 0.3 is 0 Å². The number of halogens is 1. The molecule has 0 unspecified atom stereocenters. The Kier molecular flexibility index (Phi) is 9.27. The molecule has 1 aromatic heterocycles. The van der Waals surface area contributed by atoms with Gasteiger partial charge in [0.1, 0.15) is 5.52 Å². The summed E-state index contributed by atoms with van der Waals surface area (Å²) in [7, 11) is 0. The number of benzene rings is 1. The summed E-state index contributed by atoms with van der Waals surface area (Å²) in [6.07, 6.45) is 13.2. The van der Waals surface area contributed by atoms with Crippen LogP contribution < -0.4 is 10.6 Å². The zero-order chi connectivity index (χ0) is 17.3. The predicted octanol–water partition coefficient (Wildman–Crippen LogP) is 5.71. The van der Waals surface area contributed by atoms with Gasteiger partial charge in [-0.3, -0.25) is 0 Å². The highest BCUT2D eigenvalue weighted by molar-refractivity contribution is 5.85. The average molecular weight is 380 g/mol. The summed E-state index contributed by atoms with van der Waals surface area (Å²) in [5.41, 5.74) is 3.24. The lowest BCUT2D eigenvalue weighted by Gasteiger charge is -2.07. The molecule has 2 heterocycles. The van der Waals surface area contributed by atoms with Crippen LogP contribution in [0.2, 0.25) is 0 Å². The Bertz CT molecular complexity index is 637. The van der Waals surface area contributed by atoms with Crippen molar-refractivity contribution < 1.29 is 4.42 Å². The van der Waals surface area contributed by atoms with Crippen LogP contribution >= 0.6 is 12.4 Å². The van der Waals surface area contributed by atoms with Crippen LogP contribution in [0, 0.1) is 0 Å². The number of aromatic nitrogens is 1. The summed E-state index contributed by atoms with van der Waals surface area (Å²) in [5, 5.41) is 6.74.